The number of hydrogen-bond donors (Lipinski definition) is 1. The third-order valence-corrected chi connectivity index (χ3v) is 3.60. The first-order valence-corrected chi connectivity index (χ1v) is 7.33. The fourth-order valence-electron chi connectivity index (χ4n) is 2.17. The molecule has 0 aliphatic heterocycles. The van der Waals surface area contributed by atoms with Crippen LogP contribution in [0.25, 0.3) is 0 Å². The molecule has 1 N–H and O–H groups in total. The van der Waals surface area contributed by atoms with Gasteiger partial charge in [-0.2, -0.15) is 0 Å². The Bertz CT molecular complexity index is 322. The number of nitrogens with one attached hydrogen (secondary N) is 1. The maximum atomic E-state index is 3.55. The van der Waals surface area contributed by atoms with Crippen molar-refractivity contribution in [3.8, 4) is 0 Å². The quantitative estimate of drug-likeness (QED) is 0.777. The van der Waals surface area contributed by atoms with Crippen molar-refractivity contribution in [3.05, 3.63) is 34.3 Å². The Morgan fingerprint density at radius 2 is 2.00 bits per heavy atom. The van der Waals surface area contributed by atoms with Gasteiger partial charge in [-0.05, 0) is 43.0 Å². The van der Waals surface area contributed by atoms with Gasteiger partial charge in [0.05, 0.1) is 0 Å². The molecule has 0 aliphatic carbocycles. The molecule has 1 aromatic carbocycles. The van der Waals surface area contributed by atoms with Gasteiger partial charge in [0.15, 0.2) is 0 Å². The summed E-state index contributed by atoms with van der Waals surface area (Å²) in [7, 11) is 2.04. The van der Waals surface area contributed by atoms with Crippen LogP contribution in [0.15, 0.2) is 28.7 Å². The van der Waals surface area contributed by atoms with Gasteiger partial charge in [0.25, 0.3) is 0 Å². The van der Waals surface area contributed by atoms with E-state index in [1.165, 1.54) is 29.3 Å². The molecular formula is C15H24BrN. The molecule has 1 unspecified atom stereocenters. The highest BCUT2D eigenvalue weighted by atomic mass is 79.9. The lowest BCUT2D eigenvalue weighted by Crippen LogP contribution is -2.17. The molecule has 0 saturated heterocycles. The molecule has 17 heavy (non-hydrogen) atoms. The normalized spacial score (nSPS) is 13.0. The zero-order valence-corrected chi connectivity index (χ0v) is 12.8. The fraction of sp³-hybridized carbons (Fsp3) is 0.600. The van der Waals surface area contributed by atoms with Crippen molar-refractivity contribution >= 4 is 15.9 Å². The number of likely N-dealkylation sites (N-methyl/N-ethyl adjacent to an activating group) is 1. The van der Waals surface area contributed by atoms with E-state index in [1.54, 1.807) is 0 Å². The lowest BCUT2D eigenvalue weighted by Gasteiger charge is -2.18. The number of rotatable bonds is 7. The second-order valence-electron chi connectivity index (χ2n) is 5.13. The summed E-state index contributed by atoms with van der Waals surface area (Å²) < 4.78 is 1.18. The van der Waals surface area contributed by atoms with Crippen LogP contribution in [0, 0.1) is 5.92 Å². The van der Waals surface area contributed by atoms with Crippen molar-refractivity contribution < 1.29 is 0 Å². The molecule has 0 radical (unpaired) electrons. The lowest BCUT2D eigenvalue weighted by molar-refractivity contribution is 0.490. The van der Waals surface area contributed by atoms with Gasteiger partial charge in [0, 0.05) is 11.0 Å². The Labute approximate surface area is 114 Å². The van der Waals surface area contributed by atoms with Crippen LogP contribution in [0.2, 0.25) is 0 Å². The van der Waals surface area contributed by atoms with Crippen LogP contribution in [0.4, 0.5) is 0 Å². The van der Waals surface area contributed by atoms with Gasteiger partial charge in [-0.1, -0.05) is 54.8 Å². The van der Waals surface area contributed by atoms with Gasteiger partial charge in [-0.15, -0.1) is 0 Å². The Morgan fingerprint density at radius 1 is 1.24 bits per heavy atom. The van der Waals surface area contributed by atoms with Crippen LogP contribution in [0.3, 0.4) is 0 Å². The lowest BCUT2D eigenvalue weighted by atomic mass is 9.92. The fourth-order valence-corrected chi connectivity index (χ4v) is 2.58. The standard InChI is InChI=1S/C15H24BrN/c1-12(2)6-4-8-14(11-17-3)13-7-5-9-15(16)10-13/h5,7,9-10,12,14,17H,4,6,8,11H2,1-3H3. The van der Waals surface area contributed by atoms with Crippen molar-refractivity contribution in [2.75, 3.05) is 13.6 Å². The molecule has 2 heteroatoms. The maximum absolute atomic E-state index is 3.55. The highest BCUT2D eigenvalue weighted by Gasteiger charge is 2.11. The average molecular weight is 298 g/mol. The molecule has 0 bridgehead atoms. The predicted molar refractivity (Wildman–Crippen MR) is 79.5 cm³/mol. The highest BCUT2D eigenvalue weighted by molar-refractivity contribution is 9.10. The first-order valence-electron chi connectivity index (χ1n) is 6.53. The van der Waals surface area contributed by atoms with Gasteiger partial charge in [-0.3, -0.25) is 0 Å². The first-order chi connectivity index (χ1) is 8.13. The molecule has 1 nitrogen and oxygen atoms in total. The Kier molecular flexibility index (Phi) is 6.83. The minimum Gasteiger partial charge on any atom is -0.319 e. The van der Waals surface area contributed by atoms with E-state index in [-0.39, 0.29) is 0 Å². The predicted octanol–water partition coefficient (Wildman–Crippen LogP) is 4.58. The monoisotopic (exact) mass is 297 g/mol. The van der Waals surface area contributed by atoms with Crippen LogP contribution in [0.1, 0.15) is 44.6 Å². The summed E-state index contributed by atoms with van der Waals surface area (Å²) in [5.41, 5.74) is 1.44. The first kappa shape index (κ1) is 14.7. The number of benzene rings is 1. The maximum Gasteiger partial charge on any atom is 0.0178 e. The van der Waals surface area contributed by atoms with Crippen LogP contribution < -0.4 is 5.32 Å². The van der Waals surface area contributed by atoms with Crippen molar-refractivity contribution in [2.24, 2.45) is 5.92 Å². The van der Waals surface area contributed by atoms with Crippen LogP contribution in [-0.2, 0) is 0 Å². The Hall–Kier alpha value is -0.340. The van der Waals surface area contributed by atoms with Crippen LogP contribution in [0.5, 0.6) is 0 Å². The topological polar surface area (TPSA) is 12.0 Å². The second-order valence-corrected chi connectivity index (χ2v) is 6.05. The molecule has 0 aromatic heterocycles. The van der Waals surface area contributed by atoms with Gasteiger partial charge >= 0.3 is 0 Å². The van der Waals surface area contributed by atoms with E-state index < -0.39 is 0 Å². The molecule has 96 valence electrons. The van der Waals surface area contributed by atoms with E-state index in [0.717, 1.165) is 12.5 Å². The summed E-state index contributed by atoms with van der Waals surface area (Å²) in [5, 5.41) is 3.31. The average Bonchev–Trinajstić information content (AvgIpc) is 2.27. The summed E-state index contributed by atoms with van der Waals surface area (Å²) in [6.45, 7) is 5.66. The Morgan fingerprint density at radius 3 is 2.59 bits per heavy atom. The van der Waals surface area contributed by atoms with Gasteiger partial charge in [-0.25, -0.2) is 0 Å². The molecule has 0 fully saturated rings. The van der Waals surface area contributed by atoms with Crippen LogP contribution in [-0.4, -0.2) is 13.6 Å². The largest absolute Gasteiger partial charge is 0.319 e. The summed E-state index contributed by atoms with van der Waals surface area (Å²) in [4.78, 5) is 0. The molecule has 0 saturated carbocycles. The van der Waals surface area contributed by atoms with E-state index in [0.29, 0.717) is 5.92 Å². The summed E-state index contributed by atoms with van der Waals surface area (Å²) >= 11 is 3.55. The molecule has 1 rings (SSSR count). The van der Waals surface area contributed by atoms with Crippen molar-refractivity contribution in [3.63, 3.8) is 0 Å². The summed E-state index contributed by atoms with van der Waals surface area (Å²) in [5.74, 6) is 1.45. The smallest absolute Gasteiger partial charge is 0.0178 e. The SMILES string of the molecule is CNCC(CCCC(C)C)c1cccc(Br)c1. The minimum atomic E-state index is 0.635. The van der Waals surface area contributed by atoms with E-state index in [2.05, 4.69) is 59.4 Å². The third kappa shape index (κ3) is 5.69. The summed E-state index contributed by atoms with van der Waals surface area (Å²) in [6, 6.07) is 8.71. The third-order valence-electron chi connectivity index (χ3n) is 3.10. The van der Waals surface area contributed by atoms with E-state index >= 15 is 0 Å². The highest BCUT2D eigenvalue weighted by Crippen LogP contribution is 2.25. The molecular weight excluding hydrogens is 274 g/mol. The molecule has 1 aromatic rings. The summed E-state index contributed by atoms with van der Waals surface area (Å²) in [6.07, 6.45) is 3.92. The molecule has 1 atom stereocenters. The molecule has 0 spiro atoms. The Balaban J connectivity index is 2.58. The van der Waals surface area contributed by atoms with E-state index in [1.807, 2.05) is 7.05 Å². The number of halogens is 1. The van der Waals surface area contributed by atoms with Crippen molar-refractivity contribution in [1.29, 1.82) is 0 Å². The van der Waals surface area contributed by atoms with Crippen LogP contribution >= 0.6 is 15.9 Å². The minimum absolute atomic E-state index is 0.635. The molecule has 0 heterocycles. The van der Waals surface area contributed by atoms with Crippen molar-refractivity contribution in [2.45, 2.75) is 39.0 Å². The van der Waals surface area contributed by atoms with Gasteiger partial charge in [0.1, 0.15) is 0 Å². The molecule has 0 amide bonds. The van der Waals surface area contributed by atoms with E-state index in [9.17, 15) is 0 Å². The second kappa shape index (κ2) is 7.88. The van der Waals surface area contributed by atoms with E-state index in [4.69, 9.17) is 0 Å². The zero-order chi connectivity index (χ0) is 12.7. The van der Waals surface area contributed by atoms with Crippen molar-refractivity contribution in [1.82, 2.24) is 5.32 Å². The van der Waals surface area contributed by atoms with Gasteiger partial charge in [0.2, 0.25) is 0 Å². The zero-order valence-electron chi connectivity index (χ0n) is 11.2. The number of hydrogen-bond acceptors (Lipinski definition) is 1. The van der Waals surface area contributed by atoms with Gasteiger partial charge < -0.3 is 5.32 Å². The molecule has 0 aliphatic rings.